The van der Waals surface area contributed by atoms with Gasteiger partial charge in [0.2, 0.25) is 21.2 Å². The first-order valence-corrected chi connectivity index (χ1v) is 9.91. The summed E-state index contributed by atoms with van der Waals surface area (Å²) in [7, 11) is -3.69. The van der Waals surface area contributed by atoms with Crippen molar-refractivity contribution in [1.29, 1.82) is 0 Å². The Kier molecular flexibility index (Phi) is 5.83. The number of anilines is 1. The van der Waals surface area contributed by atoms with Crippen LogP contribution in [0.2, 0.25) is 10.3 Å². The van der Waals surface area contributed by atoms with Crippen molar-refractivity contribution in [3.05, 3.63) is 40.9 Å². The molecule has 1 aliphatic heterocycles. The number of rotatable bonds is 5. The molecule has 1 aromatic carbocycles. The molecule has 140 valence electrons. The Morgan fingerprint density at radius 2 is 2.00 bits per heavy atom. The Labute approximate surface area is 160 Å². The number of carbonyl (C=O) groups is 1. The highest BCUT2D eigenvalue weighted by Gasteiger charge is 2.27. The Morgan fingerprint density at radius 1 is 1.27 bits per heavy atom. The number of amides is 1. The van der Waals surface area contributed by atoms with Crippen molar-refractivity contribution < 1.29 is 17.9 Å². The number of nitrogens with one attached hydrogen (secondary N) is 1. The fourth-order valence-electron chi connectivity index (χ4n) is 2.47. The molecule has 26 heavy (non-hydrogen) atoms. The topological polar surface area (TPSA) is 93.5 Å². The van der Waals surface area contributed by atoms with Gasteiger partial charge in [-0.2, -0.15) is 4.31 Å². The average Bonchev–Trinajstić information content (AvgIpc) is 3.02. The summed E-state index contributed by atoms with van der Waals surface area (Å²) in [6.45, 7) is 1.19. The van der Waals surface area contributed by atoms with Gasteiger partial charge in [-0.3, -0.25) is 4.79 Å². The maximum Gasteiger partial charge on any atom is 0.244 e. The van der Waals surface area contributed by atoms with E-state index in [1.807, 2.05) is 0 Å². The number of nitrogens with zero attached hydrogens (tertiary/aromatic N) is 3. The van der Waals surface area contributed by atoms with E-state index in [2.05, 4.69) is 10.3 Å². The smallest absolute Gasteiger partial charge is 0.244 e. The normalized spacial score (nSPS) is 15.8. The highest BCUT2D eigenvalue weighted by molar-refractivity contribution is 7.89. The second kappa shape index (κ2) is 7.93. The summed E-state index contributed by atoms with van der Waals surface area (Å²) in [5.74, 6) is -0.410. The largest absolute Gasteiger partial charge is 0.379 e. The van der Waals surface area contributed by atoms with Crippen LogP contribution in [0.15, 0.2) is 35.5 Å². The molecule has 1 amide bonds. The highest BCUT2D eigenvalue weighted by atomic mass is 35.5. The molecule has 2 heterocycles. The van der Waals surface area contributed by atoms with E-state index in [1.165, 1.54) is 33.3 Å². The first-order valence-electron chi connectivity index (χ1n) is 7.72. The zero-order valence-electron chi connectivity index (χ0n) is 13.6. The van der Waals surface area contributed by atoms with Crippen LogP contribution in [0.5, 0.6) is 0 Å². The third-order valence-corrected chi connectivity index (χ3v) is 6.34. The van der Waals surface area contributed by atoms with Crippen molar-refractivity contribution in [1.82, 2.24) is 13.9 Å². The van der Waals surface area contributed by atoms with Gasteiger partial charge in [-0.05, 0) is 29.8 Å². The fourth-order valence-corrected chi connectivity index (χ4v) is 4.24. The van der Waals surface area contributed by atoms with Crippen molar-refractivity contribution in [3.63, 3.8) is 0 Å². The maximum absolute atomic E-state index is 12.7. The van der Waals surface area contributed by atoms with Crippen LogP contribution in [-0.4, -0.2) is 54.5 Å². The minimum Gasteiger partial charge on any atom is -0.379 e. The van der Waals surface area contributed by atoms with Crippen LogP contribution < -0.4 is 5.32 Å². The van der Waals surface area contributed by atoms with E-state index >= 15 is 0 Å². The third kappa shape index (κ3) is 4.18. The molecule has 0 atom stereocenters. The number of halogens is 2. The van der Waals surface area contributed by atoms with Crippen LogP contribution in [-0.2, 0) is 26.1 Å². The zero-order chi connectivity index (χ0) is 18.7. The molecule has 1 aromatic heterocycles. The fraction of sp³-hybridized carbons (Fsp3) is 0.333. The summed E-state index contributed by atoms with van der Waals surface area (Å²) in [5.41, 5.74) is 0.210. The summed E-state index contributed by atoms with van der Waals surface area (Å²) in [6.07, 6.45) is 3.03. The average molecular weight is 419 g/mol. The van der Waals surface area contributed by atoms with Crippen LogP contribution in [0.3, 0.4) is 0 Å². The molecule has 1 fully saturated rings. The second-order valence-electron chi connectivity index (χ2n) is 5.53. The van der Waals surface area contributed by atoms with Crippen LogP contribution in [0, 0.1) is 0 Å². The molecule has 0 bridgehead atoms. The van der Waals surface area contributed by atoms with E-state index in [9.17, 15) is 13.2 Å². The molecule has 1 N–H and O–H groups in total. The summed E-state index contributed by atoms with van der Waals surface area (Å²) in [5, 5.41) is 3.01. The van der Waals surface area contributed by atoms with Gasteiger partial charge < -0.3 is 14.6 Å². The van der Waals surface area contributed by atoms with Crippen molar-refractivity contribution in [2.75, 3.05) is 31.6 Å². The first-order chi connectivity index (χ1) is 12.4. The lowest BCUT2D eigenvalue weighted by Crippen LogP contribution is -2.40. The second-order valence-corrected chi connectivity index (χ2v) is 8.21. The van der Waals surface area contributed by atoms with Gasteiger partial charge in [0.25, 0.3) is 0 Å². The van der Waals surface area contributed by atoms with Crippen molar-refractivity contribution in [3.8, 4) is 0 Å². The van der Waals surface area contributed by atoms with Crippen molar-refractivity contribution in [2.24, 2.45) is 0 Å². The predicted molar refractivity (Wildman–Crippen MR) is 96.9 cm³/mol. The number of ether oxygens (including phenoxy) is 1. The Hall–Kier alpha value is -1.65. The number of hydrogen-bond donors (Lipinski definition) is 1. The number of imidazole rings is 1. The van der Waals surface area contributed by atoms with E-state index in [1.54, 1.807) is 6.20 Å². The quantitative estimate of drug-likeness (QED) is 0.799. The molecular formula is C15H16Cl2N4O4S. The Morgan fingerprint density at radius 3 is 2.65 bits per heavy atom. The lowest BCUT2D eigenvalue weighted by atomic mass is 10.3. The van der Waals surface area contributed by atoms with Crippen LogP contribution in [0.4, 0.5) is 5.69 Å². The summed E-state index contributed by atoms with van der Waals surface area (Å²) >= 11 is 11.9. The molecule has 0 radical (unpaired) electrons. The predicted octanol–water partition coefficient (Wildman–Crippen LogP) is 1.85. The Balaban J connectivity index is 1.79. The standard InChI is InChI=1S/C15H16Cl2N4O4S/c16-12-2-1-11(26(23,24)21-5-7-25-8-6-21)9-13(12)19-14(22)10-20-4-3-18-15(20)17/h1-4,9H,5-8,10H2,(H,19,22). The molecule has 3 rings (SSSR count). The summed E-state index contributed by atoms with van der Waals surface area (Å²) in [4.78, 5) is 16.1. The van der Waals surface area contributed by atoms with Crippen molar-refractivity contribution >= 4 is 44.8 Å². The van der Waals surface area contributed by atoms with E-state index in [4.69, 9.17) is 27.9 Å². The molecule has 11 heteroatoms. The minimum absolute atomic E-state index is 0.0553. The number of aromatic nitrogens is 2. The van der Waals surface area contributed by atoms with Gasteiger partial charge >= 0.3 is 0 Å². The Bertz CT molecular complexity index is 910. The molecule has 0 saturated carbocycles. The lowest BCUT2D eigenvalue weighted by molar-refractivity contribution is -0.116. The van der Waals surface area contributed by atoms with E-state index in [0.29, 0.717) is 13.2 Å². The highest BCUT2D eigenvalue weighted by Crippen LogP contribution is 2.27. The van der Waals surface area contributed by atoms with Gasteiger partial charge in [0, 0.05) is 25.5 Å². The van der Waals surface area contributed by atoms with E-state index in [0.717, 1.165) is 0 Å². The molecule has 8 nitrogen and oxygen atoms in total. The lowest BCUT2D eigenvalue weighted by Gasteiger charge is -2.26. The van der Waals surface area contributed by atoms with Gasteiger partial charge in [-0.1, -0.05) is 11.6 Å². The van der Waals surface area contributed by atoms with Gasteiger partial charge in [-0.25, -0.2) is 13.4 Å². The molecule has 0 spiro atoms. The van der Waals surface area contributed by atoms with Gasteiger partial charge in [-0.15, -0.1) is 0 Å². The molecule has 0 aliphatic carbocycles. The van der Waals surface area contributed by atoms with E-state index < -0.39 is 15.9 Å². The van der Waals surface area contributed by atoms with Gasteiger partial charge in [0.1, 0.15) is 6.54 Å². The van der Waals surface area contributed by atoms with Gasteiger partial charge in [0.05, 0.1) is 28.8 Å². The van der Waals surface area contributed by atoms with E-state index in [-0.39, 0.29) is 40.5 Å². The monoisotopic (exact) mass is 418 g/mol. The zero-order valence-corrected chi connectivity index (χ0v) is 15.9. The number of hydrogen-bond acceptors (Lipinski definition) is 5. The van der Waals surface area contributed by atoms with Gasteiger partial charge in [0.15, 0.2) is 0 Å². The van der Waals surface area contributed by atoms with Crippen LogP contribution >= 0.6 is 23.2 Å². The molecular weight excluding hydrogens is 403 g/mol. The summed E-state index contributed by atoms with van der Waals surface area (Å²) < 4.78 is 33.4. The number of carbonyl (C=O) groups excluding carboxylic acids is 1. The molecule has 0 unspecified atom stereocenters. The van der Waals surface area contributed by atoms with Crippen LogP contribution in [0.1, 0.15) is 0 Å². The SMILES string of the molecule is O=C(Cn1ccnc1Cl)Nc1cc(S(=O)(=O)N2CCOCC2)ccc1Cl. The maximum atomic E-state index is 12.7. The van der Waals surface area contributed by atoms with Crippen LogP contribution in [0.25, 0.3) is 0 Å². The first kappa shape index (κ1) is 19.1. The molecule has 1 aliphatic rings. The van der Waals surface area contributed by atoms with Crippen molar-refractivity contribution in [2.45, 2.75) is 11.4 Å². The summed E-state index contributed by atoms with van der Waals surface area (Å²) in [6, 6.07) is 4.20. The molecule has 2 aromatic rings. The third-order valence-electron chi connectivity index (χ3n) is 3.80. The molecule has 1 saturated heterocycles. The number of benzene rings is 1. The number of sulfonamides is 1. The minimum atomic E-state index is -3.69. The number of morpholine rings is 1.